The highest BCUT2D eigenvalue weighted by Gasteiger charge is 2.26. The van der Waals surface area contributed by atoms with E-state index in [9.17, 15) is 4.79 Å². The first-order valence-corrected chi connectivity index (χ1v) is 5.73. The quantitative estimate of drug-likeness (QED) is 0.640. The molecule has 0 aromatic carbocycles. The van der Waals surface area contributed by atoms with Gasteiger partial charge in [-0.2, -0.15) is 0 Å². The average molecular weight is 239 g/mol. The number of nitrogens with zero attached hydrogens (tertiary/aromatic N) is 2. The molecule has 17 heavy (non-hydrogen) atoms. The number of anilines is 1. The van der Waals surface area contributed by atoms with Crippen molar-refractivity contribution in [2.75, 3.05) is 12.4 Å². The van der Waals surface area contributed by atoms with Gasteiger partial charge >= 0.3 is 6.01 Å². The van der Waals surface area contributed by atoms with Crippen molar-refractivity contribution >= 4 is 11.9 Å². The lowest BCUT2D eigenvalue weighted by Crippen LogP contribution is -2.38. The molecule has 1 heterocycles. The van der Waals surface area contributed by atoms with Gasteiger partial charge in [-0.05, 0) is 26.8 Å². The summed E-state index contributed by atoms with van der Waals surface area (Å²) in [4.78, 5) is 11.7. The van der Waals surface area contributed by atoms with Crippen molar-refractivity contribution in [1.82, 2.24) is 20.8 Å². The zero-order chi connectivity index (χ0) is 12.3. The number of amides is 1. The molecular weight excluding hydrogens is 222 g/mol. The van der Waals surface area contributed by atoms with Crippen LogP contribution in [0.5, 0.6) is 0 Å². The van der Waals surface area contributed by atoms with Gasteiger partial charge in [0.15, 0.2) is 0 Å². The molecule has 1 unspecified atom stereocenters. The maximum atomic E-state index is 11.7. The van der Waals surface area contributed by atoms with E-state index in [1.54, 1.807) is 14.0 Å². The van der Waals surface area contributed by atoms with Crippen LogP contribution in [0.2, 0.25) is 0 Å². The van der Waals surface area contributed by atoms with E-state index >= 15 is 0 Å². The van der Waals surface area contributed by atoms with E-state index in [4.69, 9.17) is 4.42 Å². The van der Waals surface area contributed by atoms with Crippen molar-refractivity contribution < 1.29 is 9.21 Å². The maximum Gasteiger partial charge on any atom is 0.316 e. The lowest BCUT2D eigenvalue weighted by molar-refractivity contribution is -0.121. The lowest BCUT2D eigenvalue weighted by atomic mass is 10.3. The fourth-order valence-electron chi connectivity index (χ4n) is 1.34. The maximum absolute atomic E-state index is 11.7. The predicted octanol–water partition coefficient (Wildman–Crippen LogP) is -0.132. The summed E-state index contributed by atoms with van der Waals surface area (Å²) in [5.41, 5.74) is 0. The van der Waals surface area contributed by atoms with Crippen LogP contribution < -0.4 is 16.0 Å². The van der Waals surface area contributed by atoms with Crippen molar-refractivity contribution in [3.05, 3.63) is 5.89 Å². The Labute approximate surface area is 99.4 Å². The van der Waals surface area contributed by atoms with E-state index < -0.39 is 0 Å². The Hall–Kier alpha value is -1.63. The zero-order valence-electron chi connectivity index (χ0n) is 9.99. The van der Waals surface area contributed by atoms with Crippen molar-refractivity contribution in [3.8, 4) is 0 Å². The first-order valence-electron chi connectivity index (χ1n) is 5.73. The second kappa shape index (κ2) is 5.13. The lowest BCUT2D eigenvalue weighted by Gasteiger charge is -2.11. The molecule has 7 heteroatoms. The second-order valence-electron chi connectivity index (χ2n) is 4.18. The smallest absolute Gasteiger partial charge is 0.316 e. The topological polar surface area (TPSA) is 92.1 Å². The van der Waals surface area contributed by atoms with Gasteiger partial charge in [-0.25, -0.2) is 0 Å². The molecule has 1 aromatic rings. The minimum absolute atomic E-state index is 0.0409. The summed E-state index contributed by atoms with van der Waals surface area (Å²) in [6, 6.07) is 0.251. The summed E-state index contributed by atoms with van der Waals surface area (Å²) in [5, 5.41) is 16.3. The minimum atomic E-state index is -0.376. The van der Waals surface area contributed by atoms with Gasteiger partial charge in [0.1, 0.15) is 6.04 Å². The van der Waals surface area contributed by atoms with Crippen LogP contribution in [-0.2, 0) is 11.3 Å². The molecule has 1 aliphatic rings. The summed E-state index contributed by atoms with van der Waals surface area (Å²) in [6.45, 7) is 2.27. The summed E-state index contributed by atoms with van der Waals surface area (Å²) in [6.07, 6.45) is 2.15. The predicted molar refractivity (Wildman–Crippen MR) is 61.3 cm³/mol. The second-order valence-corrected chi connectivity index (χ2v) is 4.18. The zero-order valence-corrected chi connectivity index (χ0v) is 9.99. The number of nitrogens with one attached hydrogen (secondary N) is 3. The summed E-state index contributed by atoms with van der Waals surface area (Å²) in [7, 11) is 1.79. The number of aromatic nitrogens is 2. The van der Waals surface area contributed by atoms with Crippen LogP contribution in [0, 0.1) is 0 Å². The third-order valence-corrected chi connectivity index (χ3v) is 2.45. The molecule has 1 saturated carbocycles. The molecule has 3 N–H and O–H groups in total. The standard InChI is InChI=1S/C10H17N5O2/c1-6(9(16)13-7-3-4-7)12-10-15-14-8(17-10)5-11-2/h6-7,11H,3-5H2,1-2H3,(H,12,15)(H,13,16). The molecule has 2 rings (SSSR count). The van der Waals surface area contributed by atoms with Crippen LogP contribution in [0.4, 0.5) is 6.01 Å². The molecule has 0 aliphatic heterocycles. The van der Waals surface area contributed by atoms with Gasteiger partial charge in [-0.3, -0.25) is 4.79 Å². The largest absolute Gasteiger partial charge is 0.407 e. The van der Waals surface area contributed by atoms with Gasteiger partial charge in [0.25, 0.3) is 0 Å². The van der Waals surface area contributed by atoms with Gasteiger partial charge in [0.2, 0.25) is 11.8 Å². The molecule has 1 fully saturated rings. The van der Waals surface area contributed by atoms with Crippen molar-refractivity contribution in [3.63, 3.8) is 0 Å². The van der Waals surface area contributed by atoms with Crippen LogP contribution in [0.25, 0.3) is 0 Å². The first kappa shape index (κ1) is 11.8. The molecule has 0 spiro atoms. The Morgan fingerprint density at radius 3 is 2.94 bits per heavy atom. The molecular formula is C10H17N5O2. The molecule has 7 nitrogen and oxygen atoms in total. The summed E-state index contributed by atoms with van der Waals surface area (Å²) in [5.74, 6) is 0.450. The van der Waals surface area contributed by atoms with E-state index in [2.05, 4.69) is 26.1 Å². The van der Waals surface area contributed by atoms with E-state index in [0.717, 1.165) is 12.8 Å². The van der Waals surface area contributed by atoms with E-state index in [1.165, 1.54) is 0 Å². The molecule has 0 radical (unpaired) electrons. The van der Waals surface area contributed by atoms with Gasteiger partial charge in [0.05, 0.1) is 6.54 Å². The third-order valence-electron chi connectivity index (χ3n) is 2.45. The minimum Gasteiger partial charge on any atom is -0.407 e. The number of hydrogen-bond donors (Lipinski definition) is 3. The van der Waals surface area contributed by atoms with Crippen molar-refractivity contribution in [1.29, 1.82) is 0 Å². The fourth-order valence-corrected chi connectivity index (χ4v) is 1.34. The number of carbonyl (C=O) groups excluding carboxylic acids is 1. The van der Waals surface area contributed by atoms with Gasteiger partial charge < -0.3 is 20.4 Å². The van der Waals surface area contributed by atoms with E-state index in [-0.39, 0.29) is 18.0 Å². The Balaban J connectivity index is 1.83. The SMILES string of the molecule is CNCc1nnc(NC(C)C(=O)NC2CC2)o1. The van der Waals surface area contributed by atoms with Crippen molar-refractivity contribution in [2.24, 2.45) is 0 Å². The molecule has 1 aliphatic carbocycles. The summed E-state index contributed by atoms with van der Waals surface area (Å²) < 4.78 is 5.29. The molecule has 1 amide bonds. The highest BCUT2D eigenvalue weighted by atomic mass is 16.4. The van der Waals surface area contributed by atoms with Gasteiger partial charge in [-0.15, -0.1) is 5.10 Å². The van der Waals surface area contributed by atoms with E-state index in [1.807, 2.05) is 0 Å². The highest BCUT2D eigenvalue weighted by Crippen LogP contribution is 2.18. The van der Waals surface area contributed by atoms with Crippen LogP contribution in [0.1, 0.15) is 25.7 Å². The van der Waals surface area contributed by atoms with Gasteiger partial charge in [0, 0.05) is 6.04 Å². The first-order chi connectivity index (χ1) is 8.19. The monoisotopic (exact) mass is 239 g/mol. The summed E-state index contributed by atoms with van der Waals surface area (Å²) >= 11 is 0. The van der Waals surface area contributed by atoms with Crippen LogP contribution in [-0.4, -0.2) is 35.2 Å². The number of carbonyl (C=O) groups is 1. The fraction of sp³-hybridized carbons (Fsp3) is 0.700. The normalized spacial score (nSPS) is 16.6. The number of rotatable bonds is 6. The Kier molecular flexibility index (Phi) is 3.58. The third kappa shape index (κ3) is 3.42. The van der Waals surface area contributed by atoms with Crippen LogP contribution in [0.3, 0.4) is 0 Å². The Morgan fingerprint density at radius 1 is 1.53 bits per heavy atom. The number of hydrogen-bond acceptors (Lipinski definition) is 6. The van der Waals surface area contributed by atoms with Crippen molar-refractivity contribution in [2.45, 2.75) is 38.4 Å². The average Bonchev–Trinajstić information content (AvgIpc) is 3.00. The van der Waals surface area contributed by atoms with Crippen LogP contribution >= 0.6 is 0 Å². The molecule has 0 saturated heterocycles. The van der Waals surface area contributed by atoms with Gasteiger partial charge in [-0.1, -0.05) is 5.10 Å². The van der Waals surface area contributed by atoms with E-state index in [0.29, 0.717) is 18.5 Å². The van der Waals surface area contributed by atoms with Crippen LogP contribution in [0.15, 0.2) is 4.42 Å². The Bertz CT molecular complexity index is 388. The highest BCUT2D eigenvalue weighted by molar-refractivity contribution is 5.84. The molecule has 1 aromatic heterocycles. The Morgan fingerprint density at radius 2 is 2.29 bits per heavy atom. The molecule has 0 bridgehead atoms. The molecule has 94 valence electrons. The molecule has 1 atom stereocenters.